The molecule has 1 aromatic heterocycles. The maximum atomic E-state index is 15.1. The first-order chi connectivity index (χ1) is 15.3. The monoisotopic (exact) mass is 568 g/mol. The van der Waals surface area contributed by atoms with E-state index in [1.165, 1.54) is 9.12 Å². The van der Waals surface area contributed by atoms with Gasteiger partial charge in [-0.1, -0.05) is 6.92 Å². The summed E-state index contributed by atoms with van der Waals surface area (Å²) in [6.07, 6.45) is 4.55. The van der Waals surface area contributed by atoms with E-state index in [4.69, 9.17) is 0 Å². The molecule has 1 atom stereocenters. The third kappa shape index (κ3) is 5.15. The minimum Gasteiger partial charge on any atom is -0.380 e. The number of hydrogen-bond donors (Lipinski definition) is 0. The van der Waals surface area contributed by atoms with Gasteiger partial charge in [-0.3, -0.25) is 8.77 Å². The number of fused-ring (bicyclic) bond motifs is 1. The molecule has 0 saturated carbocycles. The number of nitriles is 1. The van der Waals surface area contributed by atoms with Crippen LogP contribution in [0.5, 0.6) is 0 Å². The van der Waals surface area contributed by atoms with Crippen molar-refractivity contribution in [1.29, 1.82) is 5.26 Å². The zero-order chi connectivity index (χ0) is 23.4. The van der Waals surface area contributed by atoms with Crippen molar-refractivity contribution >= 4 is 47.0 Å². The van der Waals surface area contributed by atoms with Crippen molar-refractivity contribution in [3.63, 3.8) is 0 Å². The Hall–Kier alpha value is -1.57. The summed E-state index contributed by atoms with van der Waals surface area (Å²) in [5.74, 6) is -0.387. The lowest BCUT2D eigenvalue weighted by Crippen LogP contribution is -2.39. The van der Waals surface area contributed by atoms with Crippen LogP contribution in [0.4, 0.5) is 4.39 Å². The highest BCUT2D eigenvalue weighted by atomic mass is 127. The number of benzene rings is 1. The molecule has 2 aromatic rings. The van der Waals surface area contributed by atoms with E-state index in [-0.39, 0.29) is 23.1 Å². The van der Waals surface area contributed by atoms with Crippen LogP contribution >= 0.6 is 30.3 Å². The largest absolute Gasteiger partial charge is 0.380 e. The summed E-state index contributed by atoms with van der Waals surface area (Å²) in [5, 5.41) is 10.2. The molecule has 8 heteroatoms. The third-order valence-corrected chi connectivity index (χ3v) is 8.29. The van der Waals surface area contributed by atoms with Gasteiger partial charge in [0, 0.05) is 61.5 Å². The zero-order valence-corrected chi connectivity index (χ0v) is 22.0. The van der Waals surface area contributed by atoms with Gasteiger partial charge in [0.1, 0.15) is 23.2 Å². The maximum Gasteiger partial charge on any atom is 0.222 e. The number of likely N-dealkylation sites (tertiary alicyclic amines) is 1. The van der Waals surface area contributed by atoms with E-state index in [0.717, 1.165) is 43.4 Å². The van der Waals surface area contributed by atoms with Crippen molar-refractivity contribution in [2.75, 3.05) is 26.7 Å². The zero-order valence-electron chi connectivity index (χ0n) is 19.1. The number of halogens is 2. The van der Waals surface area contributed by atoms with Crippen LogP contribution in [0.15, 0.2) is 30.0 Å². The Morgan fingerprint density at radius 1 is 1.38 bits per heavy atom. The van der Waals surface area contributed by atoms with E-state index < -0.39 is 0 Å². The molecule has 1 aliphatic rings. The molecule has 0 radical (unpaired) electrons. The van der Waals surface area contributed by atoms with E-state index in [0.29, 0.717) is 23.7 Å². The fourth-order valence-corrected chi connectivity index (χ4v) is 5.98. The highest BCUT2D eigenvalue weighted by Gasteiger charge is 2.27. The molecule has 0 amide bonds. The van der Waals surface area contributed by atoms with Crippen LogP contribution in [-0.4, -0.2) is 52.3 Å². The molecular formula is C24H30FIN4OS. The van der Waals surface area contributed by atoms with Crippen LogP contribution in [0.1, 0.15) is 62.0 Å². The molecule has 1 fully saturated rings. The molecule has 1 saturated heterocycles. The summed E-state index contributed by atoms with van der Waals surface area (Å²) in [6, 6.07) is 7.72. The molecule has 0 spiro atoms. The Balaban J connectivity index is 1.96. The molecular weight excluding hydrogens is 538 g/mol. The summed E-state index contributed by atoms with van der Waals surface area (Å²) in [4.78, 5) is 17.4. The highest BCUT2D eigenvalue weighted by Crippen LogP contribution is 2.36. The van der Waals surface area contributed by atoms with Crippen LogP contribution in [-0.2, 0) is 0 Å². The Morgan fingerprint density at radius 3 is 2.62 bits per heavy atom. The van der Waals surface area contributed by atoms with Gasteiger partial charge in [0.15, 0.2) is 0 Å². The fraction of sp³-hybridized carbons (Fsp3) is 0.500. The molecule has 2 heterocycles. The van der Waals surface area contributed by atoms with Crippen molar-refractivity contribution in [3.05, 3.63) is 47.0 Å². The van der Waals surface area contributed by atoms with Gasteiger partial charge in [-0.2, -0.15) is 5.26 Å². The minimum atomic E-state index is -0.350. The molecule has 172 valence electrons. The number of aromatic nitrogens is 1. The molecule has 5 nitrogen and oxygen atoms in total. The first kappa shape index (κ1) is 25.1. The Kier molecular flexibility index (Phi) is 8.64. The van der Waals surface area contributed by atoms with Crippen LogP contribution in [0.2, 0.25) is 0 Å². The normalized spacial score (nSPS) is 16.8. The van der Waals surface area contributed by atoms with Crippen LogP contribution in [0.25, 0.3) is 10.9 Å². The van der Waals surface area contributed by atoms with Crippen LogP contribution in [0, 0.1) is 17.1 Å². The molecule has 0 aliphatic carbocycles. The number of hydrogen-bond acceptors (Lipinski definition) is 5. The average molecular weight is 568 g/mol. The first-order valence-corrected chi connectivity index (χ1v) is 14.4. The van der Waals surface area contributed by atoms with Crippen molar-refractivity contribution in [2.45, 2.75) is 52.0 Å². The average Bonchev–Trinajstić information content (AvgIpc) is 3.18. The van der Waals surface area contributed by atoms with Crippen molar-refractivity contribution in [3.8, 4) is 6.07 Å². The summed E-state index contributed by atoms with van der Waals surface area (Å²) >= 11 is 2.13. The predicted molar refractivity (Wildman–Crippen MR) is 139 cm³/mol. The Bertz CT molecular complexity index is 1050. The van der Waals surface area contributed by atoms with Crippen molar-refractivity contribution in [2.24, 2.45) is 0 Å². The van der Waals surface area contributed by atoms with Gasteiger partial charge in [-0.05, 0) is 75.9 Å². The first-order valence-electron chi connectivity index (χ1n) is 11.1. The molecule has 32 heavy (non-hydrogen) atoms. The number of carbonyl (C=O) groups excluding carboxylic acids is 1. The van der Waals surface area contributed by atoms with Crippen molar-refractivity contribution < 1.29 is 9.18 Å². The minimum absolute atomic E-state index is 0.0713. The number of carbonyl (C=O) groups is 1. The van der Waals surface area contributed by atoms with Gasteiger partial charge in [-0.15, -0.1) is 0 Å². The molecule has 0 bridgehead atoms. The number of rotatable bonds is 8. The lowest BCUT2D eigenvalue weighted by Gasteiger charge is -2.36. The van der Waals surface area contributed by atoms with Crippen molar-refractivity contribution in [1.82, 2.24) is 13.8 Å². The lowest BCUT2D eigenvalue weighted by molar-refractivity contribution is 0.103. The molecule has 1 unspecified atom stereocenters. The van der Waals surface area contributed by atoms with Gasteiger partial charge in [0.05, 0.1) is 5.52 Å². The highest BCUT2D eigenvalue weighted by molar-refractivity contribution is 14.2. The second-order valence-electron chi connectivity index (χ2n) is 8.45. The number of ketones is 1. The van der Waals surface area contributed by atoms with Gasteiger partial charge >= 0.3 is 0 Å². The topological polar surface area (TPSA) is 52.3 Å². The van der Waals surface area contributed by atoms with Gasteiger partial charge in [0.2, 0.25) is 5.78 Å². The number of Topliss-reactive ketones (excluding diaryl/α,β-unsaturated/α-hetero) is 1. The number of nitrogens with zero attached hydrogens (tertiary/aromatic N) is 4. The SMILES string of the molecule is CCC(C)N1CCC(c2cc3c(cc2F)cc(C(=O)/C(C#N)=C/N(C)CC)n3SI)CC1. The number of piperidine rings is 1. The molecule has 1 aromatic carbocycles. The van der Waals surface area contributed by atoms with Gasteiger partial charge < -0.3 is 9.80 Å². The summed E-state index contributed by atoms with van der Waals surface area (Å²) in [6.45, 7) is 9.04. The molecule has 3 rings (SSSR count). The Labute approximate surface area is 206 Å². The van der Waals surface area contributed by atoms with E-state index >= 15 is 4.39 Å². The quantitative estimate of drug-likeness (QED) is 0.166. The maximum absolute atomic E-state index is 15.1. The van der Waals surface area contributed by atoms with E-state index in [2.05, 4.69) is 40.0 Å². The van der Waals surface area contributed by atoms with Gasteiger partial charge in [-0.25, -0.2) is 4.39 Å². The molecule has 0 N–H and O–H groups in total. The molecule has 1 aliphatic heterocycles. The van der Waals surface area contributed by atoms with E-state index in [1.54, 1.807) is 23.2 Å². The fourth-order valence-electron chi connectivity index (χ4n) is 4.26. The lowest BCUT2D eigenvalue weighted by atomic mass is 9.88. The van der Waals surface area contributed by atoms with E-state index in [9.17, 15) is 10.1 Å². The summed E-state index contributed by atoms with van der Waals surface area (Å²) in [7, 11) is 3.19. The van der Waals surface area contributed by atoms with Crippen LogP contribution < -0.4 is 0 Å². The smallest absolute Gasteiger partial charge is 0.222 e. The number of allylic oxidation sites excluding steroid dienone is 1. The second-order valence-corrected chi connectivity index (χ2v) is 10.1. The Morgan fingerprint density at radius 2 is 2.06 bits per heavy atom. The van der Waals surface area contributed by atoms with Crippen LogP contribution in [0.3, 0.4) is 0 Å². The summed E-state index contributed by atoms with van der Waals surface area (Å²) in [5.41, 5.74) is 2.00. The van der Waals surface area contributed by atoms with E-state index in [1.807, 2.05) is 30.1 Å². The summed E-state index contributed by atoms with van der Waals surface area (Å²) < 4.78 is 16.9. The standard InChI is InChI=1S/C24H30FIN4OS/c1-5-16(3)29-9-7-17(8-10-29)20-13-22-18(11-21(20)25)12-23(30(22)32-26)24(31)19(14-27)15-28(4)6-2/h11-13,15-17H,5-10H2,1-4H3/b19-15+. The second kappa shape index (κ2) is 11.0. The van der Waals surface area contributed by atoms with Gasteiger partial charge in [0.25, 0.3) is 0 Å². The predicted octanol–water partition coefficient (Wildman–Crippen LogP) is 6.15. The third-order valence-electron chi connectivity index (χ3n) is 6.57.